The third-order valence-electron chi connectivity index (χ3n) is 4.22. The Hall–Kier alpha value is -2.61. The van der Waals surface area contributed by atoms with Crippen molar-refractivity contribution >= 4 is 5.95 Å². The molecule has 2 aromatic rings. The van der Waals surface area contributed by atoms with Gasteiger partial charge in [-0.05, 0) is 17.7 Å². The Kier molecular flexibility index (Phi) is 4.04. The third-order valence-corrected chi connectivity index (χ3v) is 4.22. The highest BCUT2D eigenvalue weighted by molar-refractivity contribution is 5.44. The van der Waals surface area contributed by atoms with E-state index in [1.807, 2.05) is 6.07 Å². The first-order chi connectivity index (χ1) is 11.8. The summed E-state index contributed by atoms with van der Waals surface area (Å²) in [4.78, 5) is 17.0. The number of hydrogen-bond acceptors (Lipinski definition) is 8. The summed E-state index contributed by atoms with van der Waals surface area (Å²) in [5, 5.41) is 0. The summed E-state index contributed by atoms with van der Waals surface area (Å²) in [5.41, 5.74) is 1.23. The van der Waals surface area contributed by atoms with Crippen molar-refractivity contribution in [2.75, 3.05) is 45.0 Å². The third kappa shape index (κ3) is 3.05. The molecule has 0 spiro atoms. The Morgan fingerprint density at radius 3 is 2.75 bits per heavy atom. The van der Waals surface area contributed by atoms with E-state index in [-0.39, 0.29) is 0 Å². The molecule has 0 radical (unpaired) electrons. The molecule has 1 aromatic heterocycles. The van der Waals surface area contributed by atoms with Crippen LogP contribution >= 0.6 is 0 Å². The van der Waals surface area contributed by atoms with Gasteiger partial charge in [-0.25, -0.2) is 4.98 Å². The molecule has 8 heteroatoms. The van der Waals surface area contributed by atoms with Gasteiger partial charge in [0.15, 0.2) is 11.5 Å². The molecular weight excluding hydrogens is 310 g/mol. The number of aromatic nitrogens is 3. The molecule has 0 unspecified atom stereocenters. The summed E-state index contributed by atoms with van der Waals surface area (Å²) in [6, 6.07) is 6.48. The molecule has 1 saturated heterocycles. The molecule has 1 fully saturated rings. The van der Waals surface area contributed by atoms with Crippen molar-refractivity contribution in [3.8, 4) is 17.5 Å². The first kappa shape index (κ1) is 14.9. The van der Waals surface area contributed by atoms with Gasteiger partial charge in [-0.3, -0.25) is 4.90 Å². The maximum absolute atomic E-state index is 5.44. The molecule has 0 atom stereocenters. The molecule has 1 aromatic carbocycles. The maximum Gasteiger partial charge on any atom is 0.320 e. The molecule has 0 aliphatic carbocycles. The first-order valence-corrected chi connectivity index (χ1v) is 7.91. The zero-order valence-corrected chi connectivity index (χ0v) is 13.5. The molecule has 4 rings (SSSR count). The highest BCUT2D eigenvalue weighted by atomic mass is 16.7. The van der Waals surface area contributed by atoms with Crippen molar-refractivity contribution in [3.05, 3.63) is 30.1 Å². The average Bonchev–Trinajstić information content (AvgIpc) is 3.10. The second kappa shape index (κ2) is 6.48. The van der Waals surface area contributed by atoms with E-state index in [1.165, 1.54) is 11.9 Å². The smallest absolute Gasteiger partial charge is 0.320 e. The monoisotopic (exact) mass is 329 g/mol. The number of hydrogen-bond donors (Lipinski definition) is 0. The minimum absolute atomic E-state index is 0.312. The van der Waals surface area contributed by atoms with Crippen LogP contribution in [0.3, 0.4) is 0 Å². The van der Waals surface area contributed by atoms with Crippen molar-refractivity contribution in [1.29, 1.82) is 0 Å². The predicted octanol–water partition coefficient (Wildman–Crippen LogP) is 0.931. The van der Waals surface area contributed by atoms with Crippen LogP contribution in [0, 0.1) is 0 Å². The second-order valence-electron chi connectivity index (χ2n) is 5.72. The summed E-state index contributed by atoms with van der Waals surface area (Å²) < 4.78 is 15.9. The number of nitrogens with zero attached hydrogens (tertiary/aromatic N) is 5. The van der Waals surface area contributed by atoms with Gasteiger partial charge in [0.2, 0.25) is 12.7 Å². The van der Waals surface area contributed by atoms with E-state index in [4.69, 9.17) is 14.2 Å². The topological polar surface area (TPSA) is 72.8 Å². The molecule has 0 bridgehead atoms. The molecule has 0 saturated carbocycles. The van der Waals surface area contributed by atoms with Crippen LogP contribution in [0.4, 0.5) is 5.95 Å². The van der Waals surface area contributed by atoms with Crippen molar-refractivity contribution < 1.29 is 14.2 Å². The highest BCUT2D eigenvalue weighted by Gasteiger charge is 2.20. The van der Waals surface area contributed by atoms with Crippen LogP contribution in [0.1, 0.15) is 5.56 Å². The second-order valence-corrected chi connectivity index (χ2v) is 5.72. The highest BCUT2D eigenvalue weighted by Crippen LogP contribution is 2.32. The number of ether oxygens (including phenoxy) is 3. The fraction of sp³-hybridized carbons (Fsp3) is 0.438. The maximum atomic E-state index is 5.44. The van der Waals surface area contributed by atoms with Gasteiger partial charge in [0.1, 0.15) is 6.33 Å². The number of methoxy groups -OCH3 is 1. The predicted molar refractivity (Wildman–Crippen MR) is 86.4 cm³/mol. The summed E-state index contributed by atoms with van der Waals surface area (Å²) in [5.74, 6) is 2.33. The molecule has 0 N–H and O–H groups in total. The van der Waals surface area contributed by atoms with E-state index in [0.717, 1.165) is 44.2 Å². The van der Waals surface area contributed by atoms with Gasteiger partial charge in [0.05, 0.1) is 7.11 Å². The van der Waals surface area contributed by atoms with Crippen LogP contribution in [-0.2, 0) is 6.54 Å². The molecular formula is C16H19N5O3. The number of piperazine rings is 1. The fourth-order valence-electron chi connectivity index (χ4n) is 2.93. The summed E-state index contributed by atoms with van der Waals surface area (Å²) in [6.45, 7) is 4.85. The quantitative estimate of drug-likeness (QED) is 0.820. The summed E-state index contributed by atoms with van der Waals surface area (Å²) >= 11 is 0. The standard InChI is InChI=1S/C16H19N5O3/c1-22-16-18-10-17-15(19-16)21-6-4-20(5-7-21)9-12-2-3-13-14(8-12)24-11-23-13/h2-3,8,10H,4-7,9,11H2,1H3. The lowest BCUT2D eigenvalue weighted by atomic mass is 10.1. The largest absolute Gasteiger partial charge is 0.467 e. The Balaban J connectivity index is 1.36. The van der Waals surface area contributed by atoms with E-state index >= 15 is 0 Å². The van der Waals surface area contributed by atoms with E-state index in [9.17, 15) is 0 Å². The zero-order valence-electron chi connectivity index (χ0n) is 13.5. The molecule has 8 nitrogen and oxygen atoms in total. The van der Waals surface area contributed by atoms with Gasteiger partial charge in [-0.2, -0.15) is 9.97 Å². The van der Waals surface area contributed by atoms with Gasteiger partial charge in [-0.1, -0.05) is 6.07 Å². The lowest BCUT2D eigenvalue weighted by Crippen LogP contribution is -2.46. The van der Waals surface area contributed by atoms with E-state index < -0.39 is 0 Å². The zero-order chi connectivity index (χ0) is 16.4. The number of anilines is 1. The van der Waals surface area contributed by atoms with E-state index in [0.29, 0.717) is 18.8 Å². The Labute approximate surface area is 140 Å². The van der Waals surface area contributed by atoms with Crippen LogP contribution in [0.5, 0.6) is 17.5 Å². The van der Waals surface area contributed by atoms with Crippen molar-refractivity contribution in [2.45, 2.75) is 6.54 Å². The van der Waals surface area contributed by atoms with Crippen LogP contribution in [0.2, 0.25) is 0 Å². The Morgan fingerprint density at radius 2 is 1.92 bits per heavy atom. The molecule has 2 aliphatic rings. The van der Waals surface area contributed by atoms with E-state index in [1.54, 1.807) is 7.11 Å². The Morgan fingerprint density at radius 1 is 1.08 bits per heavy atom. The van der Waals surface area contributed by atoms with Gasteiger partial charge in [0, 0.05) is 32.7 Å². The number of rotatable bonds is 4. The lowest BCUT2D eigenvalue weighted by molar-refractivity contribution is 0.174. The minimum Gasteiger partial charge on any atom is -0.467 e. The van der Waals surface area contributed by atoms with Gasteiger partial charge in [0.25, 0.3) is 0 Å². The van der Waals surface area contributed by atoms with Crippen LogP contribution in [0.25, 0.3) is 0 Å². The molecule has 0 amide bonds. The average molecular weight is 329 g/mol. The molecule has 3 heterocycles. The SMILES string of the molecule is COc1ncnc(N2CCN(Cc3ccc4c(c3)OCO4)CC2)n1. The minimum atomic E-state index is 0.312. The van der Waals surface area contributed by atoms with Crippen molar-refractivity contribution in [3.63, 3.8) is 0 Å². The number of benzene rings is 1. The molecule has 2 aliphatic heterocycles. The van der Waals surface area contributed by atoms with Gasteiger partial charge in [-0.15, -0.1) is 0 Å². The van der Waals surface area contributed by atoms with Gasteiger partial charge >= 0.3 is 6.01 Å². The van der Waals surface area contributed by atoms with Crippen molar-refractivity contribution in [2.24, 2.45) is 0 Å². The normalized spacial score (nSPS) is 17.1. The molecule has 126 valence electrons. The van der Waals surface area contributed by atoms with Crippen molar-refractivity contribution in [1.82, 2.24) is 19.9 Å². The van der Waals surface area contributed by atoms with Crippen LogP contribution in [-0.4, -0.2) is 59.9 Å². The summed E-state index contributed by atoms with van der Waals surface area (Å²) in [7, 11) is 1.56. The Bertz CT molecular complexity index is 719. The first-order valence-electron chi connectivity index (χ1n) is 7.91. The molecule has 24 heavy (non-hydrogen) atoms. The van der Waals surface area contributed by atoms with E-state index in [2.05, 4.69) is 36.9 Å². The lowest BCUT2D eigenvalue weighted by Gasteiger charge is -2.34. The van der Waals surface area contributed by atoms with Crippen LogP contribution < -0.4 is 19.1 Å². The van der Waals surface area contributed by atoms with Gasteiger partial charge < -0.3 is 19.1 Å². The fourth-order valence-corrected chi connectivity index (χ4v) is 2.93. The van der Waals surface area contributed by atoms with Crippen LogP contribution in [0.15, 0.2) is 24.5 Å². The number of fused-ring (bicyclic) bond motifs is 1. The summed E-state index contributed by atoms with van der Waals surface area (Å²) in [6.07, 6.45) is 1.49.